The molecular formula is C22H20N2O5S. The molecule has 0 fully saturated rings. The van der Waals surface area contributed by atoms with Gasteiger partial charge in [0.05, 0.1) is 4.90 Å². The Labute approximate surface area is 174 Å². The molecule has 0 atom stereocenters. The molecule has 1 aliphatic heterocycles. The van der Waals surface area contributed by atoms with Crippen molar-refractivity contribution in [1.82, 2.24) is 0 Å². The number of anilines is 2. The van der Waals surface area contributed by atoms with Crippen LogP contribution in [0.25, 0.3) is 0 Å². The molecule has 3 aromatic rings. The van der Waals surface area contributed by atoms with E-state index in [4.69, 9.17) is 9.47 Å². The Morgan fingerprint density at radius 3 is 2.17 bits per heavy atom. The van der Waals surface area contributed by atoms with Gasteiger partial charge in [-0.05, 0) is 55.5 Å². The zero-order valence-corrected chi connectivity index (χ0v) is 17.0. The van der Waals surface area contributed by atoms with E-state index in [-0.39, 0.29) is 10.8 Å². The minimum atomic E-state index is -3.70. The van der Waals surface area contributed by atoms with Crippen molar-refractivity contribution < 1.29 is 22.7 Å². The van der Waals surface area contributed by atoms with Crippen molar-refractivity contribution >= 4 is 27.3 Å². The highest BCUT2D eigenvalue weighted by molar-refractivity contribution is 7.92. The Hall–Kier alpha value is -3.52. The number of hydrogen-bond acceptors (Lipinski definition) is 5. The molecule has 0 aromatic heterocycles. The minimum Gasteiger partial charge on any atom is -0.486 e. The number of carbonyl (C=O) groups is 1. The number of sulfonamides is 1. The summed E-state index contributed by atoms with van der Waals surface area (Å²) in [6.07, 6.45) is 0. The van der Waals surface area contributed by atoms with E-state index in [0.29, 0.717) is 41.7 Å². The molecular weight excluding hydrogens is 404 g/mol. The fourth-order valence-electron chi connectivity index (χ4n) is 2.95. The molecule has 2 N–H and O–H groups in total. The summed E-state index contributed by atoms with van der Waals surface area (Å²) in [5.41, 5.74) is 2.31. The van der Waals surface area contributed by atoms with E-state index in [1.807, 2.05) is 6.92 Å². The second kappa shape index (κ2) is 8.08. The Balaban J connectivity index is 1.44. The smallest absolute Gasteiger partial charge is 0.261 e. The third-order valence-electron chi connectivity index (χ3n) is 4.53. The zero-order chi connectivity index (χ0) is 21.1. The van der Waals surface area contributed by atoms with Crippen molar-refractivity contribution in [2.75, 3.05) is 23.3 Å². The van der Waals surface area contributed by atoms with E-state index in [9.17, 15) is 13.2 Å². The van der Waals surface area contributed by atoms with E-state index in [1.54, 1.807) is 66.7 Å². The molecule has 0 saturated heterocycles. The van der Waals surface area contributed by atoms with Gasteiger partial charge in [-0.15, -0.1) is 0 Å². The summed E-state index contributed by atoms with van der Waals surface area (Å²) in [5, 5.41) is 2.79. The zero-order valence-electron chi connectivity index (χ0n) is 16.2. The molecule has 8 heteroatoms. The quantitative estimate of drug-likeness (QED) is 0.649. The van der Waals surface area contributed by atoms with E-state index in [2.05, 4.69) is 10.0 Å². The summed E-state index contributed by atoms with van der Waals surface area (Å²) in [6, 6.07) is 18.0. The Kier molecular flexibility index (Phi) is 5.33. The molecule has 0 saturated carbocycles. The Morgan fingerprint density at radius 2 is 1.47 bits per heavy atom. The van der Waals surface area contributed by atoms with Gasteiger partial charge in [0.2, 0.25) is 0 Å². The van der Waals surface area contributed by atoms with Crippen LogP contribution < -0.4 is 19.5 Å². The molecule has 0 spiro atoms. The molecule has 0 unspecified atom stereocenters. The van der Waals surface area contributed by atoms with Gasteiger partial charge in [-0.25, -0.2) is 8.42 Å². The predicted molar refractivity (Wildman–Crippen MR) is 114 cm³/mol. The van der Waals surface area contributed by atoms with Crippen LogP contribution >= 0.6 is 0 Å². The van der Waals surface area contributed by atoms with Crippen molar-refractivity contribution in [3.63, 3.8) is 0 Å². The molecule has 7 nitrogen and oxygen atoms in total. The summed E-state index contributed by atoms with van der Waals surface area (Å²) in [6.45, 7) is 2.85. The van der Waals surface area contributed by atoms with Gasteiger partial charge in [0.1, 0.15) is 13.2 Å². The Bertz CT molecular complexity index is 1170. The van der Waals surface area contributed by atoms with Crippen LogP contribution in [0.3, 0.4) is 0 Å². The number of rotatable bonds is 5. The second-order valence-electron chi connectivity index (χ2n) is 6.81. The van der Waals surface area contributed by atoms with E-state index in [1.165, 1.54) is 0 Å². The average Bonchev–Trinajstić information content (AvgIpc) is 2.74. The summed E-state index contributed by atoms with van der Waals surface area (Å²) in [4.78, 5) is 12.7. The highest BCUT2D eigenvalue weighted by Crippen LogP contribution is 2.32. The second-order valence-corrected chi connectivity index (χ2v) is 8.49. The van der Waals surface area contributed by atoms with Crippen LogP contribution in [0.4, 0.5) is 11.4 Å². The first-order valence-corrected chi connectivity index (χ1v) is 10.8. The van der Waals surface area contributed by atoms with Crippen molar-refractivity contribution in [3.05, 3.63) is 77.9 Å². The van der Waals surface area contributed by atoms with Gasteiger partial charge >= 0.3 is 0 Å². The third kappa shape index (κ3) is 4.38. The van der Waals surface area contributed by atoms with Gasteiger partial charge in [-0.3, -0.25) is 9.52 Å². The van der Waals surface area contributed by atoms with Gasteiger partial charge < -0.3 is 14.8 Å². The van der Waals surface area contributed by atoms with Crippen LogP contribution in [0, 0.1) is 6.92 Å². The molecule has 0 bridgehead atoms. The number of aryl methyl sites for hydroxylation is 1. The number of benzene rings is 3. The van der Waals surface area contributed by atoms with Gasteiger partial charge in [0, 0.05) is 23.0 Å². The largest absolute Gasteiger partial charge is 0.486 e. The maximum atomic E-state index is 12.5. The van der Waals surface area contributed by atoms with Crippen LogP contribution in [-0.4, -0.2) is 27.5 Å². The predicted octanol–water partition coefficient (Wildman–Crippen LogP) is 3.82. The van der Waals surface area contributed by atoms with Crippen molar-refractivity contribution in [2.24, 2.45) is 0 Å². The van der Waals surface area contributed by atoms with Crippen LogP contribution in [0.1, 0.15) is 15.9 Å². The van der Waals surface area contributed by atoms with Gasteiger partial charge in [-0.1, -0.05) is 17.7 Å². The lowest BCUT2D eigenvalue weighted by atomic mass is 10.2. The first-order chi connectivity index (χ1) is 14.4. The fraction of sp³-hybridized carbons (Fsp3) is 0.136. The lowest BCUT2D eigenvalue weighted by molar-refractivity contribution is 0.102. The SMILES string of the molecule is Cc1ccc(S(=O)(=O)Nc2ccc(C(=O)Nc3ccc4c(c3)OCCO4)cc2)cc1. The van der Waals surface area contributed by atoms with Crippen LogP contribution in [0.5, 0.6) is 11.5 Å². The number of amides is 1. The molecule has 4 rings (SSSR count). The normalized spacial score (nSPS) is 12.8. The summed E-state index contributed by atoms with van der Waals surface area (Å²) in [5.74, 6) is 0.906. The number of carbonyl (C=O) groups excluding carboxylic acids is 1. The highest BCUT2D eigenvalue weighted by Gasteiger charge is 2.15. The maximum absolute atomic E-state index is 12.5. The van der Waals surface area contributed by atoms with Crippen molar-refractivity contribution in [3.8, 4) is 11.5 Å². The monoisotopic (exact) mass is 424 g/mol. The molecule has 154 valence electrons. The standard InChI is InChI=1S/C22H20N2O5S/c1-15-2-9-19(10-3-15)30(26,27)24-17-6-4-16(5-7-17)22(25)23-18-8-11-20-21(14-18)29-13-12-28-20/h2-11,14,24H,12-13H2,1H3,(H,23,25). The summed E-state index contributed by atoms with van der Waals surface area (Å²) >= 11 is 0. The molecule has 0 aliphatic carbocycles. The molecule has 30 heavy (non-hydrogen) atoms. The minimum absolute atomic E-state index is 0.175. The van der Waals surface area contributed by atoms with Crippen LogP contribution in [0.2, 0.25) is 0 Å². The number of fused-ring (bicyclic) bond motifs is 1. The first kappa shape index (κ1) is 19.8. The van der Waals surface area contributed by atoms with Gasteiger partial charge in [0.15, 0.2) is 11.5 Å². The molecule has 1 amide bonds. The number of ether oxygens (including phenoxy) is 2. The van der Waals surface area contributed by atoms with Crippen LogP contribution in [-0.2, 0) is 10.0 Å². The highest BCUT2D eigenvalue weighted by atomic mass is 32.2. The van der Waals surface area contributed by atoms with E-state index < -0.39 is 10.0 Å². The third-order valence-corrected chi connectivity index (χ3v) is 5.93. The van der Waals surface area contributed by atoms with Crippen molar-refractivity contribution in [2.45, 2.75) is 11.8 Å². The fourth-order valence-corrected chi connectivity index (χ4v) is 4.00. The van der Waals surface area contributed by atoms with Gasteiger partial charge in [0.25, 0.3) is 15.9 Å². The van der Waals surface area contributed by atoms with Crippen LogP contribution in [0.15, 0.2) is 71.6 Å². The average molecular weight is 424 g/mol. The summed E-state index contributed by atoms with van der Waals surface area (Å²) < 4.78 is 38.4. The number of nitrogens with one attached hydrogen (secondary N) is 2. The topological polar surface area (TPSA) is 93.7 Å². The van der Waals surface area contributed by atoms with E-state index in [0.717, 1.165) is 5.56 Å². The Morgan fingerprint density at radius 1 is 0.833 bits per heavy atom. The van der Waals surface area contributed by atoms with Gasteiger partial charge in [-0.2, -0.15) is 0 Å². The molecule has 1 aliphatic rings. The lowest BCUT2D eigenvalue weighted by Gasteiger charge is -2.19. The first-order valence-electron chi connectivity index (χ1n) is 9.31. The molecule has 1 heterocycles. The molecule has 3 aromatic carbocycles. The van der Waals surface area contributed by atoms with E-state index >= 15 is 0 Å². The number of hydrogen-bond donors (Lipinski definition) is 2. The summed E-state index contributed by atoms with van der Waals surface area (Å²) in [7, 11) is -3.70. The lowest BCUT2D eigenvalue weighted by Crippen LogP contribution is -2.16. The maximum Gasteiger partial charge on any atom is 0.261 e. The van der Waals surface area contributed by atoms with Crippen molar-refractivity contribution in [1.29, 1.82) is 0 Å². The molecule has 0 radical (unpaired) electrons.